The second kappa shape index (κ2) is 8.41. The van der Waals surface area contributed by atoms with Gasteiger partial charge >= 0.3 is 0 Å². The number of carbonyl (C=O) groups excluding carboxylic acids is 1. The van der Waals surface area contributed by atoms with E-state index in [0.717, 1.165) is 16.8 Å². The van der Waals surface area contributed by atoms with E-state index in [9.17, 15) is 14.9 Å². The molecule has 0 unspecified atom stereocenters. The third kappa shape index (κ3) is 4.10. The van der Waals surface area contributed by atoms with Crippen molar-refractivity contribution in [3.05, 3.63) is 124 Å². The molecule has 0 amide bonds. The summed E-state index contributed by atoms with van der Waals surface area (Å²) in [7, 11) is 0. The van der Waals surface area contributed by atoms with Crippen molar-refractivity contribution in [1.82, 2.24) is 0 Å². The lowest BCUT2D eigenvalue weighted by Crippen LogP contribution is -2.00. The number of rotatable bonds is 6. The average molecular weight is 394 g/mol. The maximum atomic E-state index is 12.7. The van der Waals surface area contributed by atoms with E-state index in [4.69, 9.17) is 0 Å². The van der Waals surface area contributed by atoms with E-state index < -0.39 is 4.92 Å². The molecule has 0 spiro atoms. The van der Waals surface area contributed by atoms with Crippen molar-refractivity contribution in [2.75, 3.05) is 5.32 Å². The molecule has 4 aromatic rings. The van der Waals surface area contributed by atoms with Crippen molar-refractivity contribution < 1.29 is 9.72 Å². The summed E-state index contributed by atoms with van der Waals surface area (Å²) in [5.41, 5.74) is 4.35. The standard InChI is InChI=1S/C25H18N2O3/c28-25(19-7-2-1-3-8-19)21-10-6-9-20(17-21)18-13-15-22(16-14-18)26-23-11-4-5-12-24(23)27(29)30/h1-17,26H. The van der Waals surface area contributed by atoms with Gasteiger partial charge < -0.3 is 5.32 Å². The molecule has 4 aromatic carbocycles. The van der Waals surface area contributed by atoms with Crippen molar-refractivity contribution >= 4 is 22.8 Å². The molecule has 0 aliphatic rings. The second-order valence-electron chi connectivity index (χ2n) is 6.75. The number of nitrogens with zero attached hydrogens (tertiary/aromatic N) is 1. The van der Waals surface area contributed by atoms with Crippen molar-refractivity contribution in [2.45, 2.75) is 0 Å². The average Bonchev–Trinajstić information content (AvgIpc) is 2.80. The molecule has 0 aromatic heterocycles. The summed E-state index contributed by atoms with van der Waals surface area (Å²) < 4.78 is 0. The van der Waals surface area contributed by atoms with Crippen LogP contribution in [0.4, 0.5) is 17.1 Å². The van der Waals surface area contributed by atoms with Gasteiger partial charge in [0.05, 0.1) is 4.92 Å². The maximum absolute atomic E-state index is 12.7. The molecule has 4 rings (SSSR count). The molecule has 0 heterocycles. The first-order chi connectivity index (χ1) is 14.6. The van der Waals surface area contributed by atoms with Crippen LogP contribution in [0.2, 0.25) is 0 Å². The first-order valence-corrected chi connectivity index (χ1v) is 9.42. The lowest BCUT2D eigenvalue weighted by molar-refractivity contribution is -0.383. The lowest BCUT2D eigenvalue weighted by atomic mass is 9.98. The zero-order chi connectivity index (χ0) is 20.9. The predicted octanol–water partition coefficient (Wildman–Crippen LogP) is 6.24. The van der Waals surface area contributed by atoms with Gasteiger partial charge in [-0.25, -0.2) is 0 Å². The highest BCUT2D eigenvalue weighted by Gasteiger charge is 2.13. The number of para-hydroxylation sites is 2. The smallest absolute Gasteiger partial charge is 0.292 e. The Balaban J connectivity index is 1.57. The molecule has 0 fully saturated rings. The normalized spacial score (nSPS) is 10.4. The fourth-order valence-electron chi connectivity index (χ4n) is 3.24. The molecule has 5 nitrogen and oxygen atoms in total. The zero-order valence-electron chi connectivity index (χ0n) is 16.0. The van der Waals surface area contributed by atoms with Gasteiger partial charge in [-0.15, -0.1) is 0 Å². The Hall–Kier alpha value is -4.25. The third-order valence-corrected chi connectivity index (χ3v) is 4.76. The fourth-order valence-corrected chi connectivity index (χ4v) is 3.24. The summed E-state index contributed by atoms with van der Waals surface area (Å²) >= 11 is 0. The van der Waals surface area contributed by atoms with Crippen LogP contribution in [0.15, 0.2) is 103 Å². The Morgan fingerprint density at radius 3 is 2.10 bits per heavy atom. The van der Waals surface area contributed by atoms with E-state index >= 15 is 0 Å². The summed E-state index contributed by atoms with van der Waals surface area (Å²) in [6.07, 6.45) is 0. The van der Waals surface area contributed by atoms with Crippen molar-refractivity contribution in [1.29, 1.82) is 0 Å². The number of benzene rings is 4. The van der Waals surface area contributed by atoms with Crippen LogP contribution in [0.3, 0.4) is 0 Å². The van der Waals surface area contributed by atoms with Gasteiger partial charge in [-0.05, 0) is 35.4 Å². The van der Waals surface area contributed by atoms with Crippen LogP contribution < -0.4 is 5.32 Å². The predicted molar refractivity (Wildman–Crippen MR) is 118 cm³/mol. The molecule has 0 radical (unpaired) electrons. The van der Waals surface area contributed by atoms with E-state index in [2.05, 4.69) is 5.32 Å². The molecule has 0 saturated heterocycles. The summed E-state index contributed by atoms with van der Waals surface area (Å²) in [6.45, 7) is 0. The molecule has 0 saturated carbocycles. The molecular weight excluding hydrogens is 376 g/mol. The van der Waals surface area contributed by atoms with Gasteiger partial charge in [0, 0.05) is 22.9 Å². The Morgan fingerprint density at radius 1 is 0.700 bits per heavy atom. The monoisotopic (exact) mass is 394 g/mol. The molecule has 30 heavy (non-hydrogen) atoms. The van der Waals surface area contributed by atoms with Crippen LogP contribution in [-0.4, -0.2) is 10.7 Å². The number of nitrogens with one attached hydrogen (secondary N) is 1. The Morgan fingerprint density at radius 2 is 1.37 bits per heavy atom. The van der Waals surface area contributed by atoms with Crippen LogP contribution in [0.25, 0.3) is 11.1 Å². The zero-order valence-corrected chi connectivity index (χ0v) is 16.0. The molecule has 0 atom stereocenters. The third-order valence-electron chi connectivity index (χ3n) is 4.76. The van der Waals surface area contributed by atoms with Gasteiger partial charge in [0.25, 0.3) is 5.69 Å². The molecule has 5 heteroatoms. The number of hydrogen-bond donors (Lipinski definition) is 1. The number of ketones is 1. The Kier molecular flexibility index (Phi) is 5.35. The topological polar surface area (TPSA) is 72.2 Å². The quantitative estimate of drug-likeness (QED) is 0.239. The van der Waals surface area contributed by atoms with Crippen LogP contribution in [0.1, 0.15) is 15.9 Å². The van der Waals surface area contributed by atoms with Crippen molar-refractivity contribution in [3.8, 4) is 11.1 Å². The minimum absolute atomic E-state index is 0.0212. The van der Waals surface area contributed by atoms with E-state index in [0.29, 0.717) is 16.8 Å². The Bertz CT molecular complexity index is 1200. The second-order valence-corrected chi connectivity index (χ2v) is 6.75. The number of hydrogen-bond acceptors (Lipinski definition) is 4. The van der Waals surface area contributed by atoms with Crippen molar-refractivity contribution in [2.24, 2.45) is 0 Å². The highest BCUT2D eigenvalue weighted by Crippen LogP contribution is 2.29. The van der Waals surface area contributed by atoms with Crippen molar-refractivity contribution in [3.63, 3.8) is 0 Å². The highest BCUT2D eigenvalue weighted by atomic mass is 16.6. The van der Waals surface area contributed by atoms with Gasteiger partial charge in [-0.2, -0.15) is 0 Å². The van der Waals surface area contributed by atoms with E-state index in [1.165, 1.54) is 6.07 Å². The van der Waals surface area contributed by atoms with E-state index in [1.807, 2.05) is 66.7 Å². The number of nitro benzene ring substituents is 1. The first-order valence-electron chi connectivity index (χ1n) is 9.42. The van der Waals surface area contributed by atoms with Crippen LogP contribution in [-0.2, 0) is 0 Å². The maximum Gasteiger partial charge on any atom is 0.292 e. The molecule has 0 bridgehead atoms. The first kappa shape index (κ1) is 19.1. The number of carbonyl (C=O) groups is 1. The minimum Gasteiger partial charge on any atom is -0.350 e. The van der Waals surface area contributed by atoms with Crippen LogP contribution in [0, 0.1) is 10.1 Å². The van der Waals surface area contributed by atoms with Gasteiger partial charge in [0.2, 0.25) is 0 Å². The Labute approximate surface area is 173 Å². The highest BCUT2D eigenvalue weighted by molar-refractivity contribution is 6.09. The SMILES string of the molecule is O=C(c1ccccc1)c1cccc(-c2ccc(Nc3ccccc3[N+](=O)[O-])cc2)c1. The van der Waals surface area contributed by atoms with Gasteiger partial charge in [0.15, 0.2) is 5.78 Å². The number of anilines is 2. The molecule has 1 N–H and O–H groups in total. The van der Waals surface area contributed by atoms with Crippen LogP contribution in [0.5, 0.6) is 0 Å². The van der Waals surface area contributed by atoms with E-state index in [-0.39, 0.29) is 11.5 Å². The number of nitro groups is 1. The largest absolute Gasteiger partial charge is 0.350 e. The van der Waals surface area contributed by atoms with Crippen LogP contribution >= 0.6 is 0 Å². The molecule has 146 valence electrons. The summed E-state index contributed by atoms with van der Waals surface area (Å²) in [5.74, 6) is -0.0212. The van der Waals surface area contributed by atoms with Gasteiger partial charge in [-0.1, -0.05) is 72.8 Å². The summed E-state index contributed by atoms with van der Waals surface area (Å²) in [5, 5.41) is 14.3. The summed E-state index contributed by atoms with van der Waals surface area (Å²) in [6, 6.07) is 30.8. The minimum atomic E-state index is -0.411. The van der Waals surface area contributed by atoms with Gasteiger partial charge in [-0.3, -0.25) is 14.9 Å². The fraction of sp³-hybridized carbons (Fsp3) is 0. The van der Waals surface area contributed by atoms with Gasteiger partial charge in [0.1, 0.15) is 5.69 Å². The van der Waals surface area contributed by atoms with E-state index in [1.54, 1.807) is 30.3 Å². The molecule has 0 aliphatic heterocycles. The lowest BCUT2D eigenvalue weighted by Gasteiger charge is -2.09. The summed E-state index contributed by atoms with van der Waals surface area (Å²) in [4.78, 5) is 23.5. The molecule has 0 aliphatic carbocycles. The molecular formula is C25H18N2O3.